The van der Waals surface area contributed by atoms with Gasteiger partial charge in [-0.3, -0.25) is 0 Å². The van der Waals surface area contributed by atoms with E-state index < -0.39 is 19.3 Å². The highest BCUT2D eigenvalue weighted by Gasteiger charge is 2.02. The first kappa shape index (κ1) is 10.4. The third-order valence-corrected chi connectivity index (χ3v) is 4.02. The number of hydrogen-bond acceptors (Lipinski definition) is 0. The van der Waals surface area contributed by atoms with Crippen LogP contribution in [-0.2, 0) is 0 Å². The lowest BCUT2D eigenvalue weighted by atomic mass is 9.99. The zero-order valence-electron chi connectivity index (χ0n) is 7.68. The van der Waals surface area contributed by atoms with Crippen LogP contribution in [0.1, 0.15) is 31.7 Å². The average molecular weight is 193 g/mol. The summed E-state index contributed by atoms with van der Waals surface area (Å²) in [7, 11) is 5.83. The van der Waals surface area contributed by atoms with Crippen LogP contribution in [-0.4, -0.2) is 19.3 Å². The predicted molar refractivity (Wildman–Crippen MR) is 56.4 cm³/mol. The van der Waals surface area contributed by atoms with Gasteiger partial charge in [0, 0.05) is 0 Å². The fourth-order valence-corrected chi connectivity index (χ4v) is 2.12. The molecule has 62 valence electrons. The molecule has 0 saturated heterocycles. The van der Waals surface area contributed by atoms with Crippen LogP contribution in [0.3, 0.4) is 0 Å². The topological polar surface area (TPSA) is 0 Å². The normalized spacial score (nSPS) is 12.2. The van der Waals surface area contributed by atoms with Crippen LogP contribution in [0.25, 0.3) is 0 Å². The molecule has 1 aromatic rings. The van der Waals surface area contributed by atoms with Gasteiger partial charge in [0.15, 0.2) is 0 Å². The van der Waals surface area contributed by atoms with Gasteiger partial charge in [0.05, 0.1) is 0 Å². The summed E-state index contributed by atoms with van der Waals surface area (Å²) in [5.74, 6) is 0.677. The molecule has 0 fully saturated rings. The highest BCUT2D eigenvalue weighted by Crippen LogP contribution is 2.16. The molecule has 0 N–H and O–H groups in total. The van der Waals surface area contributed by atoms with E-state index in [0.29, 0.717) is 5.92 Å². The molecule has 12 heavy (non-hydrogen) atoms. The van der Waals surface area contributed by atoms with E-state index >= 15 is 0 Å². The summed E-state index contributed by atoms with van der Waals surface area (Å²) in [5.41, 5.74) is 1.43. The average Bonchev–Trinajstić information content (AvgIpc) is 2.17. The molecule has 0 heterocycles. The van der Waals surface area contributed by atoms with E-state index in [2.05, 4.69) is 38.1 Å². The summed E-state index contributed by atoms with van der Waals surface area (Å²) in [6, 6.07) is 8.75. The molecular formula is C10H13ClMg. The lowest BCUT2D eigenvalue weighted by Crippen LogP contribution is -2.08. The van der Waals surface area contributed by atoms with Crippen LogP contribution >= 0.6 is 9.07 Å². The van der Waals surface area contributed by atoms with Gasteiger partial charge in [0.25, 0.3) is 0 Å². The van der Waals surface area contributed by atoms with Crippen LogP contribution in [0.15, 0.2) is 24.3 Å². The maximum Gasteiger partial charge on any atom is 0.538 e. The molecule has 0 aliphatic carbocycles. The summed E-state index contributed by atoms with van der Waals surface area (Å²) >= 11 is -0.483. The van der Waals surface area contributed by atoms with Crippen molar-refractivity contribution in [3.63, 3.8) is 0 Å². The molecule has 1 atom stereocenters. The number of hydrogen-bond donors (Lipinski definition) is 0. The van der Waals surface area contributed by atoms with Crippen LogP contribution in [0.5, 0.6) is 0 Å². The summed E-state index contributed by atoms with van der Waals surface area (Å²) in [5, 5.41) is 0. The van der Waals surface area contributed by atoms with Gasteiger partial charge in [-0.05, 0) is 17.9 Å². The van der Waals surface area contributed by atoms with Crippen molar-refractivity contribution in [3.05, 3.63) is 29.8 Å². The fourth-order valence-electron chi connectivity index (χ4n) is 1.17. The quantitative estimate of drug-likeness (QED) is 0.647. The third-order valence-electron chi connectivity index (χ3n) is 2.32. The van der Waals surface area contributed by atoms with Crippen molar-refractivity contribution in [2.24, 2.45) is 0 Å². The van der Waals surface area contributed by atoms with Gasteiger partial charge in [-0.15, -0.1) is 3.69 Å². The van der Waals surface area contributed by atoms with Crippen molar-refractivity contribution in [1.29, 1.82) is 0 Å². The molecule has 0 saturated carbocycles. The lowest BCUT2D eigenvalue weighted by Gasteiger charge is -2.08. The summed E-state index contributed by atoms with van der Waals surface area (Å²) in [4.78, 5) is 0. The van der Waals surface area contributed by atoms with Crippen LogP contribution < -0.4 is 3.69 Å². The molecule has 0 radical (unpaired) electrons. The van der Waals surface area contributed by atoms with Gasteiger partial charge < -0.3 is 9.07 Å². The second kappa shape index (κ2) is 5.10. The summed E-state index contributed by atoms with van der Waals surface area (Å²) in [6.45, 7) is 4.47. The maximum atomic E-state index is 5.83. The van der Waals surface area contributed by atoms with Crippen molar-refractivity contribution in [2.45, 2.75) is 26.2 Å². The zero-order chi connectivity index (χ0) is 8.97. The summed E-state index contributed by atoms with van der Waals surface area (Å²) < 4.78 is 1.34. The predicted octanol–water partition coefficient (Wildman–Crippen LogP) is 2.68. The van der Waals surface area contributed by atoms with Crippen molar-refractivity contribution in [1.82, 2.24) is 0 Å². The molecule has 0 aliphatic heterocycles. The molecule has 0 spiro atoms. The highest BCUT2D eigenvalue weighted by atomic mass is 35.5. The molecule has 0 bridgehead atoms. The van der Waals surface area contributed by atoms with E-state index in [4.69, 9.17) is 9.07 Å². The minimum absolute atomic E-state index is 0.483. The maximum absolute atomic E-state index is 5.83. The second-order valence-corrected chi connectivity index (χ2v) is 5.07. The molecule has 1 aromatic carbocycles. The Hall–Kier alpha value is 0.276. The van der Waals surface area contributed by atoms with Crippen LogP contribution in [0, 0.1) is 0 Å². The van der Waals surface area contributed by atoms with Gasteiger partial charge in [0.1, 0.15) is 0 Å². The SMILES string of the molecule is CCC(C)c1cc[c]([Mg][Cl])cc1. The highest BCUT2D eigenvalue weighted by molar-refractivity contribution is 7.01. The zero-order valence-corrected chi connectivity index (χ0v) is 9.85. The number of rotatable bonds is 3. The first-order valence-electron chi connectivity index (χ1n) is 4.42. The Labute approximate surface area is 87.8 Å². The fraction of sp³-hybridized carbons (Fsp3) is 0.400. The molecule has 0 amide bonds. The number of halogens is 1. The lowest BCUT2D eigenvalue weighted by molar-refractivity contribution is 0.734. The molecule has 1 unspecified atom stereocenters. The van der Waals surface area contributed by atoms with E-state index in [1.807, 2.05) is 0 Å². The molecule has 2 heteroatoms. The first-order chi connectivity index (χ1) is 5.77. The minimum Gasteiger partial charge on any atom is -0.336 e. The van der Waals surface area contributed by atoms with Gasteiger partial charge in [0.2, 0.25) is 0 Å². The molecule has 1 rings (SSSR count). The Morgan fingerprint density at radius 1 is 1.33 bits per heavy atom. The Bertz CT molecular complexity index is 230. The Kier molecular flexibility index (Phi) is 4.40. The molecule has 0 aromatic heterocycles. The largest absolute Gasteiger partial charge is 0.538 e. The molecular weight excluding hydrogens is 180 g/mol. The van der Waals surface area contributed by atoms with Crippen LogP contribution in [0.4, 0.5) is 0 Å². The van der Waals surface area contributed by atoms with Crippen molar-refractivity contribution in [3.8, 4) is 0 Å². The Morgan fingerprint density at radius 2 is 1.92 bits per heavy atom. The second-order valence-electron chi connectivity index (χ2n) is 3.18. The van der Waals surface area contributed by atoms with Crippen molar-refractivity contribution in [2.75, 3.05) is 0 Å². The van der Waals surface area contributed by atoms with Gasteiger partial charge >= 0.3 is 19.3 Å². The Balaban J connectivity index is 2.77. The van der Waals surface area contributed by atoms with Crippen molar-refractivity contribution < 1.29 is 0 Å². The molecule has 0 nitrogen and oxygen atoms in total. The standard InChI is InChI=1S/C10H13.ClH.Mg/c1-3-9(2)10-7-5-4-6-8-10;;/h5-9H,3H2,1-2H3;1H;/q;;+1/p-1. The third kappa shape index (κ3) is 2.65. The van der Waals surface area contributed by atoms with Crippen LogP contribution in [0.2, 0.25) is 0 Å². The first-order valence-corrected chi connectivity index (χ1v) is 7.27. The smallest absolute Gasteiger partial charge is 0.336 e. The Morgan fingerprint density at radius 3 is 2.33 bits per heavy atom. The number of benzene rings is 1. The summed E-state index contributed by atoms with van der Waals surface area (Å²) in [6.07, 6.45) is 1.21. The van der Waals surface area contributed by atoms with E-state index in [0.717, 1.165) is 0 Å². The minimum atomic E-state index is -0.483. The van der Waals surface area contributed by atoms with Gasteiger partial charge in [-0.1, -0.05) is 38.1 Å². The van der Waals surface area contributed by atoms with Gasteiger partial charge in [-0.2, -0.15) is 0 Å². The van der Waals surface area contributed by atoms with Crippen molar-refractivity contribution >= 4 is 32.0 Å². The van der Waals surface area contributed by atoms with E-state index in [-0.39, 0.29) is 0 Å². The van der Waals surface area contributed by atoms with E-state index in [1.54, 1.807) is 0 Å². The van der Waals surface area contributed by atoms with E-state index in [9.17, 15) is 0 Å². The monoisotopic (exact) mass is 192 g/mol. The van der Waals surface area contributed by atoms with E-state index in [1.165, 1.54) is 15.7 Å². The molecule has 0 aliphatic rings. The van der Waals surface area contributed by atoms with Gasteiger partial charge in [-0.25, -0.2) is 0 Å².